The Morgan fingerprint density at radius 1 is 1.38 bits per heavy atom. The van der Waals surface area contributed by atoms with Crippen LogP contribution in [0.3, 0.4) is 0 Å². The molecule has 3 rings (SSSR count). The quantitative estimate of drug-likeness (QED) is 0.918. The predicted octanol–water partition coefficient (Wildman–Crippen LogP) is 3.25. The summed E-state index contributed by atoms with van der Waals surface area (Å²) in [6, 6.07) is 4.51. The zero-order valence-electron chi connectivity index (χ0n) is 8.37. The van der Waals surface area contributed by atoms with E-state index in [1.807, 2.05) is 0 Å². The molecule has 3 nitrogen and oxygen atoms in total. The Kier molecular flexibility index (Phi) is 2.28. The summed E-state index contributed by atoms with van der Waals surface area (Å²) >= 11 is 3.31. The molecule has 1 heterocycles. The summed E-state index contributed by atoms with van der Waals surface area (Å²) < 4.78 is 13.6. The highest BCUT2D eigenvalue weighted by molar-refractivity contribution is 9.10. The lowest BCUT2D eigenvalue weighted by molar-refractivity contribution is 0.627. The normalized spacial score (nSPS) is 15.4. The average molecular weight is 282 g/mol. The molecule has 82 valence electrons. The molecule has 5 heteroatoms. The van der Waals surface area contributed by atoms with Crippen molar-refractivity contribution >= 4 is 15.9 Å². The number of nitrogens with one attached hydrogen (secondary N) is 1. The number of halogens is 2. The highest BCUT2D eigenvalue weighted by Gasteiger charge is 2.27. The summed E-state index contributed by atoms with van der Waals surface area (Å²) in [5, 5.41) is 7.08. The highest BCUT2D eigenvalue weighted by Crippen LogP contribution is 2.38. The van der Waals surface area contributed by atoms with Crippen LogP contribution in [-0.2, 0) is 0 Å². The van der Waals surface area contributed by atoms with E-state index in [-0.39, 0.29) is 5.82 Å². The van der Waals surface area contributed by atoms with Gasteiger partial charge in [-0.05, 0) is 47.0 Å². The lowest BCUT2D eigenvalue weighted by Gasteiger charge is -1.98. The molecule has 0 bridgehead atoms. The molecule has 16 heavy (non-hydrogen) atoms. The van der Waals surface area contributed by atoms with Gasteiger partial charge in [-0.2, -0.15) is 5.10 Å². The van der Waals surface area contributed by atoms with Gasteiger partial charge in [0.2, 0.25) is 0 Å². The first kappa shape index (κ1) is 9.96. The maximum absolute atomic E-state index is 12.9. The first-order valence-corrected chi connectivity index (χ1v) is 5.91. The molecule has 1 aromatic heterocycles. The van der Waals surface area contributed by atoms with Crippen molar-refractivity contribution in [2.45, 2.75) is 18.8 Å². The average Bonchev–Trinajstić information content (AvgIpc) is 2.98. The van der Waals surface area contributed by atoms with Crippen LogP contribution in [0, 0.1) is 5.82 Å². The fourth-order valence-electron chi connectivity index (χ4n) is 1.60. The van der Waals surface area contributed by atoms with Gasteiger partial charge >= 0.3 is 0 Å². The van der Waals surface area contributed by atoms with Gasteiger partial charge in [-0.15, -0.1) is 0 Å². The minimum absolute atomic E-state index is 0.270. The number of hydrogen-bond acceptors (Lipinski definition) is 2. The third-order valence-corrected chi connectivity index (χ3v) is 3.29. The van der Waals surface area contributed by atoms with E-state index >= 15 is 0 Å². The second-order valence-electron chi connectivity index (χ2n) is 3.94. The predicted molar refractivity (Wildman–Crippen MR) is 61.5 cm³/mol. The monoisotopic (exact) mass is 281 g/mol. The zero-order valence-corrected chi connectivity index (χ0v) is 9.96. The Bertz CT molecular complexity index is 534. The Balaban J connectivity index is 2.00. The Hall–Kier alpha value is -1.23. The number of nitrogens with zero attached hydrogens (tertiary/aromatic N) is 2. The summed E-state index contributed by atoms with van der Waals surface area (Å²) in [5.41, 5.74) is 0.810. The zero-order chi connectivity index (χ0) is 11.1. The van der Waals surface area contributed by atoms with Crippen LogP contribution in [0.5, 0.6) is 0 Å². The smallest absolute Gasteiger partial charge is 0.182 e. The molecule has 1 fully saturated rings. The molecule has 0 unspecified atom stereocenters. The number of benzene rings is 1. The molecule has 0 atom stereocenters. The second-order valence-corrected chi connectivity index (χ2v) is 4.80. The molecule has 0 saturated heterocycles. The van der Waals surface area contributed by atoms with Gasteiger partial charge in [0.15, 0.2) is 5.82 Å². The summed E-state index contributed by atoms with van der Waals surface area (Å²) in [4.78, 5) is 4.41. The van der Waals surface area contributed by atoms with Gasteiger partial charge < -0.3 is 0 Å². The maximum atomic E-state index is 12.9. The van der Waals surface area contributed by atoms with E-state index in [9.17, 15) is 4.39 Å². The van der Waals surface area contributed by atoms with Crippen LogP contribution in [0.4, 0.5) is 4.39 Å². The number of H-pyrrole nitrogens is 1. The Morgan fingerprint density at radius 2 is 2.19 bits per heavy atom. The molecule has 2 aromatic rings. The van der Waals surface area contributed by atoms with Crippen molar-refractivity contribution in [3.05, 3.63) is 34.3 Å². The molecular weight excluding hydrogens is 273 g/mol. The molecular formula is C11H9BrFN3. The van der Waals surface area contributed by atoms with Crippen molar-refractivity contribution in [1.29, 1.82) is 0 Å². The van der Waals surface area contributed by atoms with Crippen LogP contribution in [-0.4, -0.2) is 15.2 Å². The fourth-order valence-corrected chi connectivity index (χ4v) is 2.13. The molecule has 0 spiro atoms. The Labute approximate surface area is 100 Å². The number of aromatic amines is 1. The van der Waals surface area contributed by atoms with Crippen LogP contribution in [0.15, 0.2) is 22.7 Å². The van der Waals surface area contributed by atoms with E-state index < -0.39 is 0 Å². The fraction of sp³-hybridized carbons (Fsp3) is 0.273. The maximum Gasteiger partial charge on any atom is 0.182 e. The van der Waals surface area contributed by atoms with Crippen LogP contribution < -0.4 is 0 Å². The van der Waals surface area contributed by atoms with Crippen molar-refractivity contribution < 1.29 is 4.39 Å². The van der Waals surface area contributed by atoms with Crippen LogP contribution >= 0.6 is 15.9 Å². The summed E-state index contributed by atoms with van der Waals surface area (Å²) in [6.07, 6.45) is 2.36. The van der Waals surface area contributed by atoms with Gasteiger partial charge in [-0.3, -0.25) is 5.10 Å². The SMILES string of the molecule is Fc1ccc(-c2n[nH]c(C3CC3)n2)c(Br)c1. The van der Waals surface area contributed by atoms with Crippen LogP contribution in [0.1, 0.15) is 24.6 Å². The van der Waals surface area contributed by atoms with Crippen molar-refractivity contribution in [2.75, 3.05) is 0 Å². The molecule has 0 amide bonds. The lowest BCUT2D eigenvalue weighted by Crippen LogP contribution is -1.85. The summed E-state index contributed by atoms with van der Waals surface area (Å²) in [7, 11) is 0. The minimum Gasteiger partial charge on any atom is -0.262 e. The number of hydrogen-bond donors (Lipinski definition) is 1. The van der Waals surface area contributed by atoms with Gasteiger partial charge in [0.25, 0.3) is 0 Å². The topological polar surface area (TPSA) is 41.6 Å². The summed E-state index contributed by atoms with van der Waals surface area (Å²) in [6.45, 7) is 0. The van der Waals surface area contributed by atoms with E-state index in [4.69, 9.17) is 0 Å². The Morgan fingerprint density at radius 3 is 2.88 bits per heavy atom. The molecule has 0 aliphatic heterocycles. The van der Waals surface area contributed by atoms with Crippen molar-refractivity contribution in [2.24, 2.45) is 0 Å². The minimum atomic E-state index is -0.270. The molecule has 0 radical (unpaired) electrons. The first-order valence-electron chi connectivity index (χ1n) is 5.12. The van der Waals surface area contributed by atoms with Gasteiger partial charge in [-0.1, -0.05) is 0 Å². The molecule has 1 saturated carbocycles. The van der Waals surface area contributed by atoms with E-state index in [1.54, 1.807) is 6.07 Å². The molecule has 1 aromatic carbocycles. The molecule has 1 aliphatic carbocycles. The van der Waals surface area contributed by atoms with E-state index in [0.29, 0.717) is 16.2 Å². The largest absolute Gasteiger partial charge is 0.262 e. The van der Waals surface area contributed by atoms with E-state index in [2.05, 4.69) is 31.1 Å². The van der Waals surface area contributed by atoms with E-state index in [1.165, 1.54) is 25.0 Å². The van der Waals surface area contributed by atoms with Crippen LogP contribution in [0.25, 0.3) is 11.4 Å². The molecule has 1 N–H and O–H groups in total. The third-order valence-electron chi connectivity index (χ3n) is 2.64. The molecule has 1 aliphatic rings. The highest BCUT2D eigenvalue weighted by atomic mass is 79.9. The van der Waals surface area contributed by atoms with Crippen molar-refractivity contribution in [1.82, 2.24) is 15.2 Å². The van der Waals surface area contributed by atoms with Crippen molar-refractivity contribution in [3.63, 3.8) is 0 Å². The first-order chi connectivity index (χ1) is 7.74. The van der Waals surface area contributed by atoms with E-state index in [0.717, 1.165) is 11.4 Å². The van der Waals surface area contributed by atoms with Gasteiger partial charge in [0.1, 0.15) is 11.6 Å². The third kappa shape index (κ3) is 1.75. The van der Waals surface area contributed by atoms with Crippen LogP contribution in [0.2, 0.25) is 0 Å². The van der Waals surface area contributed by atoms with Gasteiger partial charge in [0.05, 0.1) is 0 Å². The van der Waals surface area contributed by atoms with Gasteiger partial charge in [-0.25, -0.2) is 9.37 Å². The van der Waals surface area contributed by atoms with Gasteiger partial charge in [0, 0.05) is 16.0 Å². The summed E-state index contributed by atoms with van der Waals surface area (Å²) in [5.74, 6) is 1.83. The number of aromatic nitrogens is 3. The van der Waals surface area contributed by atoms with Crippen molar-refractivity contribution in [3.8, 4) is 11.4 Å². The number of rotatable bonds is 2. The standard InChI is InChI=1S/C11H9BrFN3/c12-9-5-7(13)3-4-8(9)11-14-10(15-16-11)6-1-2-6/h3-6H,1-2H2,(H,14,15,16). The lowest BCUT2D eigenvalue weighted by atomic mass is 10.2. The second kappa shape index (κ2) is 3.66.